The monoisotopic (exact) mass is 374 g/mol. The van der Waals surface area contributed by atoms with Crippen molar-refractivity contribution in [2.75, 3.05) is 32.7 Å². The number of nitrogens with zero attached hydrogens (tertiary/aromatic N) is 2. The molecule has 0 unspecified atom stereocenters. The maximum Gasteiger partial charge on any atom is 0.342 e. The summed E-state index contributed by atoms with van der Waals surface area (Å²) in [5.74, 6) is -0.156. The number of carbonyl (C=O) groups is 1. The first-order chi connectivity index (χ1) is 12.8. The van der Waals surface area contributed by atoms with Crippen molar-refractivity contribution in [3.8, 4) is 11.1 Å². The van der Waals surface area contributed by atoms with Gasteiger partial charge in [0.25, 0.3) is 0 Å². The number of aromatic nitrogens is 1. The normalized spacial score (nSPS) is 11.0. The number of hydrogen-bond acceptors (Lipinski definition) is 5. The van der Waals surface area contributed by atoms with E-state index in [9.17, 15) is 9.18 Å². The lowest BCUT2D eigenvalue weighted by Crippen LogP contribution is -2.21. The molecule has 0 spiro atoms. The summed E-state index contributed by atoms with van der Waals surface area (Å²) in [5, 5.41) is 0. The molecule has 27 heavy (non-hydrogen) atoms. The fourth-order valence-electron chi connectivity index (χ4n) is 3.05. The van der Waals surface area contributed by atoms with Crippen LogP contribution in [0.2, 0.25) is 0 Å². The molecule has 6 heteroatoms. The zero-order valence-corrected chi connectivity index (χ0v) is 16.8. The van der Waals surface area contributed by atoms with E-state index >= 15 is 0 Å². The third-order valence-electron chi connectivity index (χ3n) is 4.18. The number of methoxy groups -OCH3 is 1. The maximum atomic E-state index is 13.5. The Morgan fingerprint density at radius 3 is 2.33 bits per heavy atom. The van der Waals surface area contributed by atoms with Crippen LogP contribution in [0.1, 0.15) is 48.3 Å². The molecular weight excluding hydrogens is 347 g/mol. The molecule has 2 aromatic rings. The number of benzene rings is 1. The third-order valence-corrected chi connectivity index (χ3v) is 4.18. The summed E-state index contributed by atoms with van der Waals surface area (Å²) in [4.78, 5) is 19.4. The SMILES string of the molecule is CCOC(=O)c1c(N(C)C)nc(C(C)C)c(COC)c1-c1ccc(F)cc1. The van der Waals surface area contributed by atoms with Crippen LogP contribution in [0.5, 0.6) is 0 Å². The molecule has 0 bridgehead atoms. The molecule has 0 amide bonds. The molecule has 1 aromatic heterocycles. The minimum atomic E-state index is -0.458. The van der Waals surface area contributed by atoms with E-state index in [1.165, 1.54) is 12.1 Å². The van der Waals surface area contributed by atoms with Crippen molar-refractivity contribution < 1.29 is 18.7 Å². The fraction of sp³-hybridized carbons (Fsp3) is 0.429. The number of pyridine rings is 1. The Hall–Kier alpha value is -2.47. The highest BCUT2D eigenvalue weighted by Crippen LogP contribution is 2.38. The van der Waals surface area contributed by atoms with Crippen LogP contribution in [-0.4, -0.2) is 38.8 Å². The van der Waals surface area contributed by atoms with Crippen LogP contribution >= 0.6 is 0 Å². The lowest BCUT2D eigenvalue weighted by Gasteiger charge is -2.25. The van der Waals surface area contributed by atoms with E-state index in [1.807, 2.05) is 27.9 Å². The smallest absolute Gasteiger partial charge is 0.342 e. The Bertz CT molecular complexity index is 802. The second kappa shape index (κ2) is 8.95. The lowest BCUT2D eigenvalue weighted by molar-refractivity contribution is 0.0527. The van der Waals surface area contributed by atoms with Crippen LogP contribution in [-0.2, 0) is 16.1 Å². The Morgan fingerprint density at radius 1 is 1.22 bits per heavy atom. The number of esters is 1. The lowest BCUT2D eigenvalue weighted by atomic mass is 9.90. The summed E-state index contributed by atoms with van der Waals surface area (Å²) in [6.45, 7) is 6.38. The summed E-state index contributed by atoms with van der Waals surface area (Å²) in [6, 6.07) is 6.09. The van der Waals surface area contributed by atoms with Crippen LogP contribution in [0.25, 0.3) is 11.1 Å². The van der Waals surface area contributed by atoms with Crippen LogP contribution in [0.4, 0.5) is 10.2 Å². The zero-order chi connectivity index (χ0) is 20.1. The molecule has 0 fully saturated rings. The molecule has 0 atom stereocenters. The van der Waals surface area contributed by atoms with Crippen LogP contribution in [0, 0.1) is 5.82 Å². The molecule has 0 N–H and O–H groups in total. The van der Waals surface area contributed by atoms with Crippen molar-refractivity contribution in [2.45, 2.75) is 33.3 Å². The van der Waals surface area contributed by atoms with Gasteiger partial charge < -0.3 is 14.4 Å². The molecular formula is C21H27FN2O3. The molecule has 2 rings (SSSR count). The van der Waals surface area contributed by atoms with Gasteiger partial charge in [-0.25, -0.2) is 14.2 Å². The van der Waals surface area contributed by atoms with E-state index in [0.717, 1.165) is 16.8 Å². The van der Waals surface area contributed by atoms with E-state index in [2.05, 4.69) is 0 Å². The number of halogens is 1. The summed E-state index contributed by atoms with van der Waals surface area (Å²) >= 11 is 0. The van der Waals surface area contributed by atoms with Gasteiger partial charge in [0.15, 0.2) is 0 Å². The average molecular weight is 374 g/mol. The molecule has 0 aliphatic carbocycles. The molecule has 0 saturated heterocycles. The Balaban J connectivity index is 2.95. The first kappa shape index (κ1) is 20.8. The average Bonchev–Trinajstić information content (AvgIpc) is 2.61. The highest BCUT2D eigenvalue weighted by Gasteiger charge is 2.28. The highest BCUT2D eigenvalue weighted by atomic mass is 19.1. The first-order valence-corrected chi connectivity index (χ1v) is 8.97. The maximum absolute atomic E-state index is 13.5. The van der Waals surface area contributed by atoms with Gasteiger partial charge in [-0.05, 0) is 30.5 Å². The number of ether oxygens (including phenoxy) is 2. The first-order valence-electron chi connectivity index (χ1n) is 8.97. The molecule has 0 aliphatic rings. The molecule has 1 aromatic carbocycles. The topological polar surface area (TPSA) is 51.7 Å². The van der Waals surface area contributed by atoms with E-state index < -0.39 is 5.97 Å². The molecule has 0 aliphatic heterocycles. The van der Waals surface area contributed by atoms with Crippen molar-refractivity contribution in [1.29, 1.82) is 0 Å². The van der Waals surface area contributed by atoms with Gasteiger partial charge in [0.2, 0.25) is 0 Å². The van der Waals surface area contributed by atoms with Gasteiger partial charge in [-0.1, -0.05) is 26.0 Å². The van der Waals surface area contributed by atoms with Gasteiger partial charge in [-0.2, -0.15) is 0 Å². The van der Waals surface area contributed by atoms with E-state index in [1.54, 1.807) is 31.1 Å². The minimum absolute atomic E-state index is 0.115. The summed E-state index contributed by atoms with van der Waals surface area (Å²) in [7, 11) is 5.27. The quantitative estimate of drug-likeness (QED) is 0.673. The summed E-state index contributed by atoms with van der Waals surface area (Å²) < 4.78 is 24.2. The summed E-state index contributed by atoms with van der Waals surface area (Å²) in [6.07, 6.45) is 0. The number of carbonyl (C=O) groups excluding carboxylic acids is 1. The van der Waals surface area contributed by atoms with Crippen molar-refractivity contribution in [1.82, 2.24) is 4.98 Å². The van der Waals surface area contributed by atoms with E-state index in [-0.39, 0.29) is 24.9 Å². The number of rotatable bonds is 7. The van der Waals surface area contributed by atoms with Crippen molar-refractivity contribution >= 4 is 11.8 Å². The van der Waals surface area contributed by atoms with Gasteiger partial charge >= 0.3 is 5.97 Å². The standard InChI is InChI=1S/C21H27FN2O3/c1-7-27-21(25)18-17(14-8-10-15(22)11-9-14)16(12-26-6)19(13(2)3)23-20(18)24(4)5/h8-11,13H,7,12H2,1-6H3. The van der Waals surface area contributed by atoms with Crippen LogP contribution in [0.15, 0.2) is 24.3 Å². The van der Waals surface area contributed by atoms with Crippen molar-refractivity contribution in [3.63, 3.8) is 0 Å². The largest absolute Gasteiger partial charge is 0.462 e. The van der Waals surface area contributed by atoms with E-state index in [0.29, 0.717) is 16.9 Å². The third kappa shape index (κ3) is 4.45. The number of hydrogen-bond donors (Lipinski definition) is 0. The minimum Gasteiger partial charge on any atom is -0.462 e. The molecule has 1 heterocycles. The highest BCUT2D eigenvalue weighted by molar-refractivity contribution is 6.03. The number of anilines is 1. The van der Waals surface area contributed by atoms with Crippen molar-refractivity contribution in [2.24, 2.45) is 0 Å². The summed E-state index contributed by atoms with van der Waals surface area (Å²) in [5.41, 5.74) is 3.42. The predicted molar refractivity (Wildman–Crippen MR) is 105 cm³/mol. The Kier molecular flexibility index (Phi) is 6.91. The molecule has 0 radical (unpaired) electrons. The predicted octanol–water partition coefficient (Wildman–Crippen LogP) is 4.40. The zero-order valence-electron chi connectivity index (χ0n) is 16.8. The molecule has 146 valence electrons. The van der Waals surface area contributed by atoms with Crippen molar-refractivity contribution in [3.05, 3.63) is 46.9 Å². The Morgan fingerprint density at radius 2 is 1.85 bits per heavy atom. The van der Waals surface area contributed by atoms with Gasteiger partial charge in [0.05, 0.1) is 18.9 Å². The molecule has 5 nitrogen and oxygen atoms in total. The van der Waals surface area contributed by atoms with E-state index in [4.69, 9.17) is 14.5 Å². The fourth-order valence-corrected chi connectivity index (χ4v) is 3.05. The molecule has 0 saturated carbocycles. The van der Waals surface area contributed by atoms with Gasteiger partial charge in [0.1, 0.15) is 17.2 Å². The second-order valence-electron chi connectivity index (χ2n) is 6.76. The van der Waals surface area contributed by atoms with Crippen LogP contribution in [0.3, 0.4) is 0 Å². The second-order valence-corrected chi connectivity index (χ2v) is 6.76. The van der Waals surface area contributed by atoms with Gasteiger partial charge in [0, 0.05) is 32.3 Å². The van der Waals surface area contributed by atoms with Crippen LogP contribution < -0.4 is 4.90 Å². The Labute approximate surface area is 160 Å². The van der Waals surface area contributed by atoms with Gasteiger partial charge in [-0.15, -0.1) is 0 Å². The van der Waals surface area contributed by atoms with Gasteiger partial charge in [-0.3, -0.25) is 0 Å².